The van der Waals surface area contributed by atoms with Crippen molar-refractivity contribution in [1.82, 2.24) is 4.57 Å². The van der Waals surface area contributed by atoms with Crippen molar-refractivity contribution in [1.29, 1.82) is 0 Å². The standard InChI is InChI=1S/C13H15NO2.H2/c1-13(2,3)16-12(15)14-9-8-10-6-4-5-7-11(10)14;/h4-9H,1-3H3;1H. The summed E-state index contributed by atoms with van der Waals surface area (Å²) in [4.78, 5) is 11.9. The molecule has 16 heavy (non-hydrogen) atoms. The molecule has 1 aromatic carbocycles. The highest BCUT2D eigenvalue weighted by Crippen LogP contribution is 2.17. The second-order valence-electron chi connectivity index (χ2n) is 4.72. The van der Waals surface area contributed by atoms with Gasteiger partial charge in [0, 0.05) is 13.0 Å². The van der Waals surface area contributed by atoms with E-state index < -0.39 is 5.60 Å². The fourth-order valence-electron chi connectivity index (χ4n) is 1.55. The molecule has 0 saturated carbocycles. The number of aromatic nitrogens is 1. The Labute approximate surface area is 96.1 Å². The molecule has 2 aromatic rings. The van der Waals surface area contributed by atoms with E-state index in [9.17, 15) is 4.79 Å². The highest BCUT2D eigenvalue weighted by atomic mass is 16.6. The second kappa shape index (κ2) is 3.67. The fourth-order valence-corrected chi connectivity index (χ4v) is 1.55. The molecule has 0 fully saturated rings. The van der Waals surface area contributed by atoms with E-state index >= 15 is 0 Å². The van der Waals surface area contributed by atoms with Crippen LogP contribution in [0.4, 0.5) is 4.79 Å². The Morgan fingerprint density at radius 2 is 1.94 bits per heavy atom. The molecular formula is C13H17NO2. The Morgan fingerprint density at radius 3 is 2.62 bits per heavy atom. The summed E-state index contributed by atoms with van der Waals surface area (Å²) in [6, 6.07) is 9.62. The van der Waals surface area contributed by atoms with E-state index in [1.807, 2.05) is 51.1 Å². The maximum Gasteiger partial charge on any atom is 0.418 e. The van der Waals surface area contributed by atoms with Crippen molar-refractivity contribution in [3.05, 3.63) is 36.5 Å². The largest absolute Gasteiger partial charge is 0.443 e. The predicted molar refractivity (Wildman–Crippen MR) is 65.7 cm³/mol. The number of para-hydroxylation sites is 1. The van der Waals surface area contributed by atoms with Crippen LogP contribution in [0.5, 0.6) is 0 Å². The molecule has 0 bridgehead atoms. The number of ether oxygens (including phenoxy) is 1. The maximum absolute atomic E-state index is 11.9. The van der Waals surface area contributed by atoms with Crippen LogP contribution in [-0.4, -0.2) is 16.3 Å². The molecule has 0 saturated heterocycles. The van der Waals surface area contributed by atoms with E-state index in [-0.39, 0.29) is 7.52 Å². The molecule has 0 aliphatic carbocycles. The van der Waals surface area contributed by atoms with Crippen LogP contribution >= 0.6 is 0 Å². The van der Waals surface area contributed by atoms with Crippen molar-refractivity contribution in [2.75, 3.05) is 0 Å². The molecule has 3 heteroatoms. The number of rotatable bonds is 0. The molecule has 3 nitrogen and oxygen atoms in total. The lowest BCUT2D eigenvalue weighted by Crippen LogP contribution is -2.26. The molecule has 0 aliphatic rings. The summed E-state index contributed by atoms with van der Waals surface area (Å²) in [6.07, 6.45) is 1.40. The van der Waals surface area contributed by atoms with E-state index in [4.69, 9.17) is 4.74 Å². The quantitative estimate of drug-likeness (QED) is 0.677. The van der Waals surface area contributed by atoms with Crippen LogP contribution in [0.1, 0.15) is 22.2 Å². The Morgan fingerprint density at radius 1 is 1.25 bits per heavy atom. The molecule has 0 unspecified atom stereocenters. The zero-order valence-corrected chi connectivity index (χ0v) is 9.73. The number of hydrogen-bond acceptors (Lipinski definition) is 2. The van der Waals surface area contributed by atoms with Gasteiger partial charge in [0.25, 0.3) is 0 Å². The summed E-state index contributed by atoms with van der Waals surface area (Å²) >= 11 is 0. The third kappa shape index (κ3) is 2.08. The second-order valence-corrected chi connectivity index (χ2v) is 4.72. The van der Waals surface area contributed by atoms with E-state index in [0.29, 0.717) is 0 Å². The van der Waals surface area contributed by atoms with Crippen LogP contribution in [0.3, 0.4) is 0 Å². The summed E-state index contributed by atoms with van der Waals surface area (Å²) in [6.45, 7) is 5.57. The molecule has 0 radical (unpaired) electrons. The fraction of sp³-hybridized carbons (Fsp3) is 0.308. The molecular weight excluding hydrogens is 202 g/mol. The first-order chi connectivity index (χ1) is 7.47. The monoisotopic (exact) mass is 219 g/mol. The van der Waals surface area contributed by atoms with Gasteiger partial charge < -0.3 is 4.74 Å². The molecule has 0 spiro atoms. The maximum atomic E-state index is 11.9. The van der Waals surface area contributed by atoms with Gasteiger partial charge in [-0.2, -0.15) is 0 Å². The first kappa shape index (κ1) is 10.7. The summed E-state index contributed by atoms with van der Waals surface area (Å²) < 4.78 is 6.84. The average molecular weight is 219 g/mol. The van der Waals surface area contributed by atoms with Gasteiger partial charge in [0.2, 0.25) is 0 Å². The van der Waals surface area contributed by atoms with Gasteiger partial charge in [0.05, 0.1) is 5.52 Å². The molecule has 86 valence electrons. The Kier molecular flexibility index (Phi) is 2.46. The van der Waals surface area contributed by atoms with Gasteiger partial charge in [-0.15, -0.1) is 0 Å². The number of fused-ring (bicyclic) bond motifs is 1. The molecule has 0 N–H and O–H groups in total. The lowest BCUT2D eigenvalue weighted by Gasteiger charge is -2.19. The number of nitrogens with zero attached hydrogens (tertiary/aromatic N) is 1. The molecule has 1 heterocycles. The van der Waals surface area contributed by atoms with Gasteiger partial charge in [0.1, 0.15) is 5.60 Å². The Bertz CT molecular complexity index is 525. The lowest BCUT2D eigenvalue weighted by molar-refractivity contribution is 0.0544. The van der Waals surface area contributed by atoms with E-state index in [1.54, 1.807) is 6.20 Å². The summed E-state index contributed by atoms with van der Waals surface area (Å²) in [5, 5.41) is 1.04. The van der Waals surface area contributed by atoms with Crippen molar-refractivity contribution in [3.8, 4) is 0 Å². The summed E-state index contributed by atoms with van der Waals surface area (Å²) in [5.74, 6) is 0. The highest BCUT2D eigenvalue weighted by Gasteiger charge is 2.18. The molecule has 1 aromatic heterocycles. The van der Waals surface area contributed by atoms with Crippen LogP contribution in [0.15, 0.2) is 36.5 Å². The lowest BCUT2D eigenvalue weighted by atomic mass is 10.2. The van der Waals surface area contributed by atoms with Crippen molar-refractivity contribution in [2.45, 2.75) is 26.4 Å². The Balaban J connectivity index is 0.00000144. The van der Waals surface area contributed by atoms with Crippen molar-refractivity contribution in [2.24, 2.45) is 0 Å². The molecule has 2 rings (SSSR count). The zero-order valence-electron chi connectivity index (χ0n) is 9.73. The number of hydrogen-bond donors (Lipinski definition) is 0. The first-order valence-electron chi connectivity index (χ1n) is 5.27. The van der Waals surface area contributed by atoms with Crippen LogP contribution in [0.2, 0.25) is 0 Å². The topological polar surface area (TPSA) is 31.2 Å². The van der Waals surface area contributed by atoms with E-state index in [2.05, 4.69) is 0 Å². The van der Waals surface area contributed by atoms with Gasteiger partial charge >= 0.3 is 6.09 Å². The van der Waals surface area contributed by atoms with Gasteiger partial charge in [-0.3, -0.25) is 4.57 Å². The Hall–Kier alpha value is -1.77. The number of benzene rings is 1. The van der Waals surface area contributed by atoms with Crippen molar-refractivity contribution < 1.29 is 11.0 Å². The van der Waals surface area contributed by atoms with Gasteiger partial charge in [-0.1, -0.05) is 18.2 Å². The van der Waals surface area contributed by atoms with E-state index in [1.165, 1.54) is 4.57 Å². The highest BCUT2D eigenvalue weighted by molar-refractivity contribution is 5.89. The summed E-state index contributed by atoms with van der Waals surface area (Å²) in [5.41, 5.74) is 0.402. The van der Waals surface area contributed by atoms with Crippen molar-refractivity contribution >= 4 is 17.0 Å². The average Bonchev–Trinajstić information content (AvgIpc) is 2.58. The molecule has 0 aliphatic heterocycles. The number of carbonyl (C=O) groups excluding carboxylic acids is 1. The van der Waals surface area contributed by atoms with Gasteiger partial charge in [-0.05, 0) is 32.9 Å². The minimum Gasteiger partial charge on any atom is -0.443 e. The summed E-state index contributed by atoms with van der Waals surface area (Å²) in [7, 11) is 0. The third-order valence-corrected chi connectivity index (χ3v) is 2.19. The normalized spacial score (nSPS) is 11.7. The minimum atomic E-state index is -0.470. The van der Waals surface area contributed by atoms with Crippen LogP contribution in [-0.2, 0) is 4.74 Å². The SMILES string of the molecule is CC(C)(C)OC(=O)n1ccc2ccccc21.[HH]. The first-order valence-corrected chi connectivity index (χ1v) is 5.27. The predicted octanol–water partition coefficient (Wildman–Crippen LogP) is 3.67. The minimum absolute atomic E-state index is 0. The van der Waals surface area contributed by atoms with Gasteiger partial charge in [0.15, 0.2) is 0 Å². The van der Waals surface area contributed by atoms with E-state index in [0.717, 1.165) is 10.9 Å². The van der Waals surface area contributed by atoms with Crippen LogP contribution in [0.25, 0.3) is 10.9 Å². The smallest absolute Gasteiger partial charge is 0.418 e. The molecule has 0 amide bonds. The van der Waals surface area contributed by atoms with Crippen LogP contribution in [0, 0.1) is 0 Å². The zero-order chi connectivity index (χ0) is 11.8. The van der Waals surface area contributed by atoms with Gasteiger partial charge in [-0.25, -0.2) is 4.79 Å². The third-order valence-electron chi connectivity index (χ3n) is 2.19. The number of carbonyl (C=O) groups is 1. The van der Waals surface area contributed by atoms with Crippen molar-refractivity contribution in [3.63, 3.8) is 0 Å². The molecule has 0 atom stereocenters. The van der Waals surface area contributed by atoms with Crippen LogP contribution < -0.4 is 0 Å².